The number of aliphatic hydroxyl groups is 2. The lowest BCUT2D eigenvalue weighted by atomic mass is 10.1. The number of rotatable bonds is 3. The van der Waals surface area contributed by atoms with E-state index in [9.17, 15) is 12.8 Å². The molecule has 0 aliphatic rings. The van der Waals surface area contributed by atoms with E-state index in [0.717, 1.165) is 0 Å². The zero-order valence-electron chi connectivity index (χ0n) is 16.5. The predicted molar refractivity (Wildman–Crippen MR) is 133 cm³/mol. The van der Waals surface area contributed by atoms with Crippen molar-refractivity contribution in [3.8, 4) is 22.6 Å². The third kappa shape index (κ3) is 10.8. The van der Waals surface area contributed by atoms with E-state index in [0.29, 0.717) is 22.7 Å². The Morgan fingerprint density at radius 1 is 1.03 bits per heavy atom. The van der Waals surface area contributed by atoms with Crippen LogP contribution in [0.4, 0.5) is 4.39 Å². The predicted octanol–water partition coefficient (Wildman–Crippen LogP) is 2.49. The summed E-state index contributed by atoms with van der Waals surface area (Å²) in [6.45, 7) is 1.65. The summed E-state index contributed by atoms with van der Waals surface area (Å²) in [5.74, 6) is 0.266. The van der Waals surface area contributed by atoms with Crippen molar-refractivity contribution in [3.05, 3.63) is 60.2 Å². The summed E-state index contributed by atoms with van der Waals surface area (Å²) in [5, 5.41) is 19.4. The normalized spacial score (nSPS) is 9.55. The fourth-order valence-corrected chi connectivity index (χ4v) is 3.05. The molecule has 0 saturated heterocycles. The molecule has 182 valence electrons. The number of primary sulfonamides is 1. The van der Waals surface area contributed by atoms with Gasteiger partial charge >= 0.3 is 0 Å². The highest BCUT2D eigenvalue weighted by Crippen LogP contribution is 2.35. The summed E-state index contributed by atoms with van der Waals surface area (Å²) in [7, 11) is -3.93. The molecule has 10 N–H and O–H groups in total. The average molecular weight is 521 g/mol. The molecule has 1 aromatic heterocycles. The molecule has 1 heterocycles. The number of thiocarbonyl (C=S) groups is 2. The molecule has 0 radical (unpaired) electrons. The fraction of sp³-hybridized carbons (Fsp3) is 0.105. The van der Waals surface area contributed by atoms with E-state index in [4.69, 9.17) is 19.8 Å². The zero-order chi connectivity index (χ0) is 23.8. The first-order valence-corrected chi connectivity index (χ1v) is 10.5. The number of hydrogen-bond donors (Lipinski definition) is 5. The lowest BCUT2D eigenvalue weighted by molar-refractivity contribution is 0.532. The first kappa shape index (κ1) is 32.0. The summed E-state index contributed by atoms with van der Waals surface area (Å²) >= 11 is 7.74. The molecule has 14 heteroatoms. The van der Waals surface area contributed by atoms with Crippen molar-refractivity contribution in [2.45, 2.75) is 19.2 Å². The number of aryl methyl sites for hydroxylation is 1. The molecule has 0 spiro atoms. The number of aliphatic hydroxyl groups excluding tert-OH is 2. The first-order chi connectivity index (χ1) is 14.3. The minimum atomic E-state index is -3.93. The molecular weight excluding hydrogens is 495 g/mol. The zero-order valence-corrected chi connectivity index (χ0v) is 19.0. The number of nitrogens with zero attached hydrogens (tertiary/aromatic N) is 1. The van der Waals surface area contributed by atoms with Crippen molar-refractivity contribution in [3.63, 3.8) is 0 Å². The first-order valence-electron chi connectivity index (χ1n) is 8.15. The quantitative estimate of drug-likeness (QED) is 0.318. The minimum Gasteiger partial charge on any atom is -0.487 e. The monoisotopic (exact) mass is 520 g/mol. The highest BCUT2D eigenvalue weighted by Gasteiger charge is 2.22. The molecule has 33 heavy (non-hydrogen) atoms. The summed E-state index contributed by atoms with van der Waals surface area (Å²) in [4.78, 5) is 4.23. The van der Waals surface area contributed by atoms with Crippen molar-refractivity contribution in [2.24, 2.45) is 16.6 Å². The molecule has 0 amide bonds. The number of nitrogens with two attached hydrogens (primary N) is 3. The molecule has 0 aliphatic heterocycles. The van der Waals surface area contributed by atoms with E-state index in [1.54, 1.807) is 37.3 Å². The van der Waals surface area contributed by atoms with Crippen molar-refractivity contribution >= 4 is 44.8 Å². The third-order valence-electron chi connectivity index (χ3n) is 3.29. The smallest absolute Gasteiger partial charge is 0.251 e. The van der Waals surface area contributed by atoms with Gasteiger partial charge in [-0.2, -0.15) is 0 Å². The minimum absolute atomic E-state index is 0. The Bertz CT molecular complexity index is 1150. The maximum absolute atomic E-state index is 13.1. The third-order valence-corrected chi connectivity index (χ3v) is 4.26. The molecule has 3 aromatic rings. The van der Waals surface area contributed by atoms with E-state index in [2.05, 4.69) is 40.9 Å². The van der Waals surface area contributed by atoms with E-state index in [1.807, 2.05) is 0 Å². The molecule has 3 rings (SSSR count). The van der Waals surface area contributed by atoms with E-state index in [-0.39, 0.29) is 29.4 Å². The number of benzene rings is 2. The van der Waals surface area contributed by atoms with Gasteiger partial charge in [0.15, 0.2) is 11.7 Å². The van der Waals surface area contributed by atoms with Gasteiger partial charge in [0.2, 0.25) is 10.0 Å². The fourth-order valence-electron chi connectivity index (χ4n) is 2.32. The summed E-state index contributed by atoms with van der Waals surface area (Å²) < 4.78 is 42.3. The van der Waals surface area contributed by atoms with Gasteiger partial charge < -0.3 is 31.6 Å². The summed E-state index contributed by atoms with van der Waals surface area (Å²) in [5.41, 5.74) is 10.2. The molecular formula is C19H25FN4O6S3. The Hall–Kier alpha value is -3.17. The summed E-state index contributed by atoms with van der Waals surface area (Å²) in [6.07, 6.45) is 0. The van der Waals surface area contributed by atoms with Crippen LogP contribution >= 0.6 is 24.4 Å². The van der Waals surface area contributed by atoms with Crippen LogP contribution in [0, 0.1) is 12.7 Å². The van der Waals surface area contributed by atoms with Gasteiger partial charge in [0.25, 0.3) is 10.3 Å². The van der Waals surface area contributed by atoms with Crippen LogP contribution in [-0.4, -0.2) is 39.4 Å². The molecule has 0 aliphatic carbocycles. The molecule has 0 unspecified atom stereocenters. The number of halogens is 1. The largest absolute Gasteiger partial charge is 0.487 e. The standard InChI is InChI=1S/C16H13FN2O3S.2CH3NOS.CH4.H2O/c1-10-19-15(11-6-8-12(17)9-7-11)16(22-10)13-4-2-3-5-14(13)23(18,20)21;2*2-1(3)4;;/h2-9H,1H3,(H2,18,20,21);2*(H3,2,3,4);1H4;1H2. The van der Waals surface area contributed by atoms with Gasteiger partial charge in [-0.25, -0.2) is 22.9 Å². The number of oxazole rings is 1. The lowest BCUT2D eigenvalue weighted by Gasteiger charge is -2.06. The maximum atomic E-state index is 13.1. The van der Waals surface area contributed by atoms with Gasteiger partial charge in [0.05, 0.1) is 4.90 Å². The van der Waals surface area contributed by atoms with Crippen molar-refractivity contribution in [2.75, 3.05) is 0 Å². The number of hydrogen-bond acceptors (Lipinski definition) is 6. The van der Waals surface area contributed by atoms with Crippen molar-refractivity contribution < 1.29 is 32.9 Å². The second-order valence-electron chi connectivity index (χ2n) is 5.64. The van der Waals surface area contributed by atoms with Crippen molar-refractivity contribution in [1.29, 1.82) is 0 Å². The molecule has 0 fully saturated rings. The Labute approximate surface area is 201 Å². The number of sulfonamides is 1. The van der Waals surface area contributed by atoms with Crippen LogP contribution in [-0.2, 0) is 10.0 Å². The topological polar surface area (TPSA) is 210 Å². The maximum Gasteiger partial charge on any atom is 0.251 e. The van der Waals surface area contributed by atoms with E-state index < -0.39 is 20.4 Å². The summed E-state index contributed by atoms with van der Waals surface area (Å²) in [6, 6.07) is 11.9. The Balaban J connectivity index is 0. The van der Waals surface area contributed by atoms with Crippen LogP contribution in [0.15, 0.2) is 57.8 Å². The van der Waals surface area contributed by atoms with E-state index in [1.165, 1.54) is 18.2 Å². The highest BCUT2D eigenvalue weighted by molar-refractivity contribution is 7.89. The van der Waals surface area contributed by atoms with Gasteiger partial charge in [-0.05, 0) is 60.8 Å². The Kier molecular flexibility index (Phi) is 13.7. The van der Waals surface area contributed by atoms with E-state index >= 15 is 0 Å². The molecule has 10 nitrogen and oxygen atoms in total. The molecule has 0 atom stereocenters. The highest BCUT2D eigenvalue weighted by atomic mass is 32.2. The van der Waals surface area contributed by atoms with Crippen LogP contribution in [0.5, 0.6) is 0 Å². The lowest BCUT2D eigenvalue weighted by Crippen LogP contribution is -2.13. The van der Waals surface area contributed by atoms with Crippen LogP contribution in [0.1, 0.15) is 13.3 Å². The number of aromatic nitrogens is 1. The average Bonchev–Trinajstić information content (AvgIpc) is 3.02. The van der Waals surface area contributed by atoms with Crippen molar-refractivity contribution in [1.82, 2.24) is 4.98 Å². The van der Waals surface area contributed by atoms with Gasteiger partial charge in [-0.1, -0.05) is 19.6 Å². The van der Waals surface area contributed by atoms with Gasteiger partial charge in [-0.15, -0.1) is 0 Å². The Morgan fingerprint density at radius 3 is 1.94 bits per heavy atom. The molecule has 0 saturated carbocycles. The molecule has 0 bridgehead atoms. The van der Waals surface area contributed by atoms with Gasteiger partial charge in [-0.3, -0.25) is 0 Å². The van der Waals surface area contributed by atoms with Crippen LogP contribution < -0.4 is 16.6 Å². The second-order valence-corrected chi connectivity index (χ2v) is 8.00. The SMILES string of the molecule is C.Cc1nc(-c2ccc(F)cc2)c(-c2ccccc2S(N)(=O)=O)o1.NC(O)=S.NC(O)=S.O. The second kappa shape index (κ2) is 14.1. The van der Waals surface area contributed by atoms with Gasteiger partial charge in [0.1, 0.15) is 11.5 Å². The molecule has 2 aromatic carbocycles. The van der Waals surface area contributed by atoms with Crippen LogP contribution in [0.3, 0.4) is 0 Å². The van der Waals surface area contributed by atoms with Gasteiger partial charge in [0, 0.05) is 18.1 Å². The van der Waals surface area contributed by atoms with Crippen LogP contribution in [0.2, 0.25) is 0 Å². The Morgan fingerprint density at radius 2 is 1.48 bits per heavy atom. The van der Waals surface area contributed by atoms with Crippen LogP contribution in [0.25, 0.3) is 22.6 Å².